The van der Waals surface area contributed by atoms with E-state index in [2.05, 4.69) is 0 Å². The van der Waals surface area contributed by atoms with Crippen molar-refractivity contribution in [3.63, 3.8) is 0 Å². The Morgan fingerprint density at radius 1 is 1.41 bits per heavy atom. The molecule has 0 atom stereocenters. The SMILES string of the molecule is C/C=C1\CCCc2ccc(OC)c(C(=O)[O-])c21. The summed E-state index contributed by atoms with van der Waals surface area (Å²) in [6, 6.07) is 3.66. The Balaban J connectivity index is 2.73. The van der Waals surface area contributed by atoms with Gasteiger partial charge in [-0.25, -0.2) is 0 Å². The van der Waals surface area contributed by atoms with Gasteiger partial charge >= 0.3 is 0 Å². The van der Waals surface area contributed by atoms with Crippen molar-refractivity contribution >= 4 is 11.5 Å². The van der Waals surface area contributed by atoms with Gasteiger partial charge in [-0.3, -0.25) is 0 Å². The zero-order valence-corrected chi connectivity index (χ0v) is 10.1. The van der Waals surface area contributed by atoms with Crippen LogP contribution in [0.2, 0.25) is 0 Å². The Morgan fingerprint density at radius 3 is 2.76 bits per heavy atom. The van der Waals surface area contributed by atoms with E-state index in [9.17, 15) is 9.90 Å². The first-order valence-electron chi connectivity index (χ1n) is 5.75. The van der Waals surface area contributed by atoms with E-state index in [1.54, 1.807) is 6.07 Å². The zero-order chi connectivity index (χ0) is 12.4. The lowest BCUT2D eigenvalue weighted by Crippen LogP contribution is -2.25. The number of carbonyl (C=O) groups excluding carboxylic acids is 1. The Hall–Kier alpha value is -1.77. The van der Waals surface area contributed by atoms with Crippen LogP contribution in [0.4, 0.5) is 0 Å². The van der Waals surface area contributed by atoms with Crippen LogP contribution < -0.4 is 9.84 Å². The molecule has 0 unspecified atom stereocenters. The number of ether oxygens (including phenoxy) is 1. The van der Waals surface area contributed by atoms with Crippen molar-refractivity contribution in [1.82, 2.24) is 0 Å². The maximum absolute atomic E-state index is 11.3. The van der Waals surface area contributed by atoms with Crippen LogP contribution in [0.25, 0.3) is 5.57 Å². The molecule has 3 heteroatoms. The zero-order valence-electron chi connectivity index (χ0n) is 10.1. The van der Waals surface area contributed by atoms with E-state index in [4.69, 9.17) is 4.74 Å². The Morgan fingerprint density at radius 2 is 2.18 bits per heavy atom. The first kappa shape index (κ1) is 11.7. The second kappa shape index (κ2) is 4.62. The van der Waals surface area contributed by atoms with Crippen LogP contribution in [0.15, 0.2) is 18.2 Å². The second-order valence-corrected chi connectivity index (χ2v) is 4.13. The molecule has 0 aliphatic heterocycles. The molecular formula is C14H15O3-. The number of methoxy groups -OCH3 is 1. The molecule has 0 N–H and O–H groups in total. The van der Waals surface area contributed by atoms with Crippen LogP contribution in [0.5, 0.6) is 5.75 Å². The second-order valence-electron chi connectivity index (χ2n) is 4.13. The minimum absolute atomic E-state index is 0.192. The van der Waals surface area contributed by atoms with Gasteiger partial charge in [0.1, 0.15) is 5.75 Å². The minimum atomic E-state index is -1.17. The molecule has 0 bridgehead atoms. The highest BCUT2D eigenvalue weighted by atomic mass is 16.5. The first-order chi connectivity index (χ1) is 8.19. The number of rotatable bonds is 2. The van der Waals surface area contributed by atoms with E-state index in [0.717, 1.165) is 36.0 Å². The number of aryl methyl sites for hydroxylation is 1. The van der Waals surface area contributed by atoms with Gasteiger partial charge in [0.25, 0.3) is 0 Å². The highest BCUT2D eigenvalue weighted by molar-refractivity contribution is 5.97. The number of hydrogen-bond donors (Lipinski definition) is 0. The molecule has 0 radical (unpaired) electrons. The Kier molecular flexibility index (Phi) is 3.18. The smallest absolute Gasteiger partial charge is 0.128 e. The predicted octanol–water partition coefficient (Wildman–Crippen LogP) is 1.80. The number of carboxylic acid groups (broad SMARTS) is 1. The molecular weight excluding hydrogens is 216 g/mol. The summed E-state index contributed by atoms with van der Waals surface area (Å²) in [5.74, 6) is -0.787. The fraction of sp³-hybridized carbons (Fsp3) is 0.357. The molecule has 90 valence electrons. The fourth-order valence-corrected chi connectivity index (χ4v) is 2.46. The van der Waals surface area contributed by atoms with Gasteiger partial charge in [-0.2, -0.15) is 0 Å². The van der Waals surface area contributed by atoms with Crippen molar-refractivity contribution in [1.29, 1.82) is 0 Å². The highest BCUT2D eigenvalue weighted by Gasteiger charge is 2.20. The Labute approximate surface area is 101 Å². The molecule has 0 spiro atoms. The van der Waals surface area contributed by atoms with Gasteiger partial charge < -0.3 is 14.6 Å². The van der Waals surface area contributed by atoms with Crippen LogP contribution in [-0.2, 0) is 6.42 Å². The number of allylic oxidation sites excluding steroid dienone is 2. The lowest BCUT2D eigenvalue weighted by molar-refractivity contribution is -0.255. The summed E-state index contributed by atoms with van der Waals surface area (Å²) in [7, 11) is 1.48. The average Bonchev–Trinajstić information content (AvgIpc) is 2.36. The maximum atomic E-state index is 11.3. The Bertz CT molecular complexity index is 486. The molecule has 0 fully saturated rings. The molecule has 0 saturated heterocycles. The van der Waals surface area contributed by atoms with Gasteiger partial charge in [-0.1, -0.05) is 12.1 Å². The number of benzene rings is 1. The largest absolute Gasteiger partial charge is 0.545 e. The first-order valence-corrected chi connectivity index (χ1v) is 5.75. The molecule has 0 aromatic heterocycles. The van der Waals surface area contributed by atoms with Crippen LogP contribution in [0, 0.1) is 0 Å². The number of aromatic carboxylic acids is 1. The van der Waals surface area contributed by atoms with E-state index in [-0.39, 0.29) is 5.56 Å². The van der Waals surface area contributed by atoms with Gasteiger partial charge in [0.05, 0.1) is 13.1 Å². The number of hydrogen-bond acceptors (Lipinski definition) is 3. The molecule has 3 nitrogen and oxygen atoms in total. The predicted molar refractivity (Wildman–Crippen MR) is 63.9 cm³/mol. The number of carbonyl (C=O) groups is 1. The maximum Gasteiger partial charge on any atom is 0.128 e. The molecule has 0 amide bonds. The number of carboxylic acids is 1. The number of fused-ring (bicyclic) bond motifs is 1. The van der Waals surface area contributed by atoms with Crippen molar-refractivity contribution in [2.75, 3.05) is 7.11 Å². The molecule has 1 aromatic rings. The molecule has 1 aromatic carbocycles. The summed E-state index contributed by atoms with van der Waals surface area (Å²) < 4.78 is 5.12. The van der Waals surface area contributed by atoms with E-state index in [1.165, 1.54) is 7.11 Å². The summed E-state index contributed by atoms with van der Waals surface area (Å²) in [5.41, 5.74) is 3.14. The standard InChI is InChI=1S/C14H16O3/c1-3-9-5-4-6-10-7-8-11(17-2)13(12(9)10)14(15)16/h3,7-8H,4-6H2,1-2H3,(H,15,16)/p-1/b9-3+. The van der Waals surface area contributed by atoms with E-state index < -0.39 is 5.97 Å². The normalized spacial score (nSPS) is 16.7. The summed E-state index contributed by atoms with van der Waals surface area (Å²) in [5, 5.41) is 11.3. The van der Waals surface area contributed by atoms with Crippen molar-refractivity contribution in [2.45, 2.75) is 26.2 Å². The molecule has 1 aliphatic rings. The van der Waals surface area contributed by atoms with Crippen LogP contribution >= 0.6 is 0 Å². The molecule has 0 saturated carbocycles. The van der Waals surface area contributed by atoms with Crippen molar-refractivity contribution < 1.29 is 14.6 Å². The van der Waals surface area contributed by atoms with Gasteiger partial charge in [0.15, 0.2) is 0 Å². The quantitative estimate of drug-likeness (QED) is 0.779. The fourth-order valence-electron chi connectivity index (χ4n) is 2.46. The molecule has 1 aliphatic carbocycles. The van der Waals surface area contributed by atoms with Crippen LogP contribution in [-0.4, -0.2) is 13.1 Å². The summed E-state index contributed by atoms with van der Waals surface area (Å²) in [4.78, 5) is 11.3. The van der Waals surface area contributed by atoms with Gasteiger partial charge in [-0.05, 0) is 49.0 Å². The molecule has 0 heterocycles. The third kappa shape index (κ3) is 1.93. The highest BCUT2D eigenvalue weighted by Crippen LogP contribution is 2.37. The average molecular weight is 231 g/mol. The van der Waals surface area contributed by atoms with Crippen LogP contribution in [0.1, 0.15) is 41.3 Å². The van der Waals surface area contributed by atoms with Crippen molar-refractivity contribution in [3.05, 3.63) is 34.9 Å². The summed E-state index contributed by atoms with van der Waals surface area (Å²) >= 11 is 0. The van der Waals surface area contributed by atoms with Crippen LogP contribution in [0.3, 0.4) is 0 Å². The third-order valence-corrected chi connectivity index (χ3v) is 3.24. The third-order valence-electron chi connectivity index (χ3n) is 3.24. The lowest BCUT2D eigenvalue weighted by Gasteiger charge is -2.24. The van der Waals surface area contributed by atoms with E-state index in [0.29, 0.717) is 5.75 Å². The van der Waals surface area contributed by atoms with Gasteiger partial charge in [0.2, 0.25) is 0 Å². The van der Waals surface area contributed by atoms with Gasteiger partial charge in [0, 0.05) is 5.56 Å². The minimum Gasteiger partial charge on any atom is -0.545 e. The van der Waals surface area contributed by atoms with Crippen molar-refractivity contribution in [3.8, 4) is 5.75 Å². The van der Waals surface area contributed by atoms with Gasteiger partial charge in [-0.15, -0.1) is 0 Å². The lowest BCUT2D eigenvalue weighted by atomic mass is 9.84. The van der Waals surface area contributed by atoms with E-state index in [1.807, 2.05) is 19.1 Å². The monoisotopic (exact) mass is 231 g/mol. The van der Waals surface area contributed by atoms with Crippen molar-refractivity contribution in [2.24, 2.45) is 0 Å². The summed E-state index contributed by atoms with van der Waals surface area (Å²) in [6.07, 6.45) is 4.86. The topological polar surface area (TPSA) is 49.4 Å². The summed E-state index contributed by atoms with van der Waals surface area (Å²) in [6.45, 7) is 1.93. The molecule has 2 rings (SSSR count). The molecule has 17 heavy (non-hydrogen) atoms. The van der Waals surface area contributed by atoms with E-state index >= 15 is 0 Å².